The number of carbonyl (C=O) groups excluding carboxylic acids is 1. The molecule has 28 heavy (non-hydrogen) atoms. The number of hydrogen-bond acceptors (Lipinski definition) is 6. The van der Waals surface area contributed by atoms with Crippen LogP contribution in [0.5, 0.6) is 0 Å². The van der Waals surface area contributed by atoms with Crippen LogP contribution in [0.2, 0.25) is 0 Å². The van der Waals surface area contributed by atoms with Crippen LogP contribution in [0.15, 0.2) is 47.6 Å². The van der Waals surface area contributed by atoms with Gasteiger partial charge in [-0.1, -0.05) is 41.6 Å². The first-order chi connectivity index (χ1) is 13.3. The number of anilines is 1. The second-order valence-electron chi connectivity index (χ2n) is 6.33. The molecule has 0 saturated heterocycles. The number of carbonyl (C=O) groups is 1. The summed E-state index contributed by atoms with van der Waals surface area (Å²) >= 11 is 1.25. The Hall–Kier alpha value is -3.20. The van der Waals surface area contributed by atoms with E-state index in [1.165, 1.54) is 17.8 Å². The normalized spacial score (nSPS) is 10.7. The van der Waals surface area contributed by atoms with Crippen LogP contribution in [-0.4, -0.2) is 31.3 Å². The molecule has 144 valence electrons. The van der Waals surface area contributed by atoms with Gasteiger partial charge in [-0.25, -0.2) is 0 Å². The van der Waals surface area contributed by atoms with Gasteiger partial charge in [0.15, 0.2) is 11.0 Å². The Bertz CT molecular complexity index is 1050. The van der Waals surface area contributed by atoms with Gasteiger partial charge < -0.3 is 9.88 Å². The Labute approximate surface area is 166 Å². The van der Waals surface area contributed by atoms with E-state index in [4.69, 9.17) is 0 Å². The number of rotatable bonds is 6. The highest BCUT2D eigenvalue weighted by atomic mass is 32.2. The van der Waals surface area contributed by atoms with Crippen molar-refractivity contribution in [2.75, 3.05) is 11.1 Å². The number of nitro benzene ring substituents is 1. The molecule has 0 aliphatic rings. The molecule has 0 aliphatic carbocycles. The summed E-state index contributed by atoms with van der Waals surface area (Å²) < 4.78 is 1.84. The van der Waals surface area contributed by atoms with Crippen molar-refractivity contribution in [3.8, 4) is 11.4 Å². The highest BCUT2D eigenvalue weighted by Crippen LogP contribution is 2.25. The Morgan fingerprint density at radius 3 is 2.71 bits per heavy atom. The maximum Gasteiger partial charge on any atom is 0.274 e. The first-order valence-corrected chi connectivity index (χ1v) is 9.48. The van der Waals surface area contributed by atoms with Crippen molar-refractivity contribution in [1.82, 2.24) is 14.8 Å². The van der Waals surface area contributed by atoms with E-state index in [0.717, 1.165) is 17.0 Å². The smallest absolute Gasteiger partial charge is 0.274 e. The molecule has 1 amide bonds. The van der Waals surface area contributed by atoms with E-state index in [-0.39, 0.29) is 17.3 Å². The van der Waals surface area contributed by atoms with Crippen LogP contribution in [0, 0.1) is 24.0 Å². The quantitative estimate of drug-likeness (QED) is 0.386. The van der Waals surface area contributed by atoms with Gasteiger partial charge in [0.05, 0.1) is 10.7 Å². The second kappa shape index (κ2) is 8.22. The van der Waals surface area contributed by atoms with Gasteiger partial charge in [0.2, 0.25) is 5.91 Å². The van der Waals surface area contributed by atoms with E-state index >= 15 is 0 Å². The molecule has 3 rings (SSSR count). The summed E-state index contributed by atoms with van der Waals surface area (Å²) in [7, 11) is 1.85. The fourth-order valence-corrected chi connectivity index (χ4v) is 3.40. The number of amides is 1. The van der Waals surface area contributed by atoms with Gasteiger partial charge in [-0.2, -0.15) is 0 Å². The van der Waals surface area contributed by atoms with Crippen molar-refractivity contribution in [2.45, 2.75) is 19.0 Å². The maximum absolute atomic E-state index is 12.2. The molecule has 8 nitrogen and oxygen atoms in total. The predicted octanol–water partition coefficient (Wildman–Crippen LogP) is 3.74. The molecule has 0 atom stereocenters. The number of nitro groups is 1. The first kappa shape index (κ1) is 19.6. The van der Waals surface area contributed by atoms with Crippen LogP contribution in [0.1, 0.15) is 11.1 Å². The van der Waals surface area contributed by atoms with Gasteiger partial charge in [0.1, 0.15) is 0 Å². The molecule has 2 aromatic carbocycles. The third kappa shape index (κ3) is 4.37. The minimum atomic E-state index is -0.466. The van der Waals surface area contributed by atoms with Crippen molar-refractivity contribution in [2.24, 2.45) is 7.05 Å². The molecular formula is C19H19N5O3S. The SMILES string of the molecule is Cc1cccc(-c2nnc(SCC(=O)Nc3ccc(C)c([N+](=O)[O-])c3)n2C)c1. The average molecular weight is 397 g/mol. The zero-order chi connectivity index (χ0) is 20.3. The minimum Gasteiger partial charge on any atom is -0.325 e. The molecule has 1 N–H and O–H groups in total. The molecule has 0 spiro atoms. The summed E-state index contributed by atoms with van der Waals surface area (Å²) in [4.78, 5) is 22.8. The van der Waals surface area contributed by atoms with Crippen molar-refractivity contribution in [3.63, 3.8) is 0 Å². The van der Waals surface area contributed by atoms with Crippen molar-refractivity contribution in [3.05, 3.63) is 63.7 Å². The molecular weight excluding hydrogens is 378 g/mol. The maximum atomic E-state index is 12.2. The fraction of sp³-hybridized carbons (Fsp3) is 0.211. The van der Waals surface area contributed by atoms with E-state index in [2.05, 4.69) is 15.5 Å². The molecule has 0 saturated carbocycles. The Balaban J connectivity index is 1.66. The minimum absolute atomic E-state index is 0.0263. The second-order valence-corrected chi connectivity index (χ2v) is 7.27. The summed E-state index contributed by atoms with van der Waals surface area (Å²) in [6.45, 7) is 3.66. The van der Waals surface area contributed by atoms with Gasteiger partial charge in [-0.3, -0.25) is 14.9 Å². The van der Waals surface area contributed by atoms with Gasteiger partial charge >= 0.3 is 0 Å². The molecule has 1 heterocycles. The van der Waals surface area contributed by atoms with E-state index in [9.17, 15) is 14.9 Å². The lowest BCUT2D eigenvalue weighted by Crippen LogP contribution is -2.14. The van der Waals surface area contributed by atoms with Crippen LogP contribution in [-0.2, 0) is 11.8 Å². The van der Waals surface area contributed by atoms with Gasteiger partial charge in [0.25, 0.3) is 5.69 Å². The Kier molecular flexibility index (Phi) is 5.74. The lowest BCUT2D eigenvalue weighted by molar-refractivity contribution is -0.385. The molecule has 0 fully saturated rings. The molecule has 0 unspecified atom stereocenters. The van der Waals surface area contributed by atoms with E-state index in [1.54, 1.807) is 19.1 Å². The van der Waals surface area contributed by atoms with Crippen LogP contribution in [0.3, 0.4) is 0 Å². The van der Waals surface area contributed by atoms with E-state index in [1.807, 2.05) is 42.8 Å². The molecule has 1 aromatic heterocycles. The predicted molar refractivity (Wildman–Crippen MR) is 108 cm³/mol. The van der Waals surface area contributed by atoms with Crippen LogP contribution in [0.4, 0.5) is 11.4 Å². The van der Waals surface area contributed by atoms with Crippen molar-refractivity contribution >= 4 is 29.0 Å². The van der Waals surface area contributed by atoms with Gasteiger partial charge in [-0.05, 0) is 26.0 Å². The van der Waals surface area contributed by atoms with Crippen molar-refractivity contribution in [1.29, 1.82) is 0 Å². The van der Waals surface area contributed by atoms with Crippen LogP contribution < -0.4 is 5.32 Å². The number of benzene rings is 2. The van der Waals surface area contributed by atoms with Crippen molar-refractivity contribution < 1.29 is 9.72 Å². The molecule has 9 heteroatoms. The number of aromatic nitrogens is 3. The largest absolute Gasteiger partial charge is 0.325 e. The first-order valence-electron chi connectivity index (χ1n) is 8.49. The highest BCUT2D eigenvalue weighted by molar-refractivity contribution is 7.99. The van der Waals surface area contributed by atoms with Crippen LogP contribution >= 0.6 is 11.8 Å². The standard InChI is InChI=1S/C19H19N5O3S/c1-12-5-4-6-14(9-12)18-21-22-19(23(18)3)28-11-17(25)20-15-8-7-13(2)16(10-15)24(26)27/h4-10H,11H2,1-3H3,(H,20,25). The Morgan fingerprint density at radius 2 is 2.00 bits per heavy atom. The number of hydrogen-bond donors (Lipinski definition) is 1. The Morgan fingerprint density at radius 1 is 1.21 bits per heavy atom. The molecule has 3 aromatic rings. The highest BCUT2D eigenvalue weighted by Gasteiger charge is 2.15. The van der Waals surface area contributed by atoms with Gasteiger partial charge in [0, 0.05) is 29.9 Å². The monoisotopic (exact) mass is 397 g/mol. The lowest BCUT2D eigenvalue weighted by Gasteiger charge is -2.07. The number of nitrogens with zero attached hydrogens (tertiary/aromatic N) is 4. The zero-order valence-electron chi connectivity index (χ0n) is 15.7. The summed E-state index contributed by atoms with van der Waals surface area (Å²) in [6.07, 6.45) is 0. The number of aryl methyl sites for hydroxylation is 2. The van der Waals surface area contributed by atoms with E-state index in [0.29, 0.717) is 16.4 Å². The van der Waals surface area contributed by atoms with E-state index < -0.39 is 4.92 Å². The summed E-state index contributed by atoms with van der Waals surface area (Å²) in [6, 6.07) is 12.6. The third-order valence-corrected chi connectivity index (χ3v) is 5.15. The molecule has 0 radical (unpaired) electrons. The topological polar surface area (TPSA) is 103 Å². The molecule has 0 bridgehead atoms. The summed E-state index contributed by atoms with van der Waals surface area (Å²) in [5.74, 6) is 0.561. The molecule has 0 aliphatic heterocycles. The lowest BCUT2D eigenvalue weighted by atomic mass is 10.1. The summed E-state index contributed by atoms with van der Waals surface area (Å²) in [5, 5.41) is 22.7. The summed E-state index contributed by atoms with van der Waals surface area (Å²) in [5.41, 5.74) is 2.99. The van der Waals surface area contributed by atoms with Crippen LogP contribution in [0.25, 0.3) is 11.4 Å². The fourth-order valence-electron chi connectivity index (χ4n) is 2.69. The van der Waals surface area contributed by atoms with Gasteiger partial charge in [-0.15, -0.1) is 10.2 Å². The average Bonchev–Trinajstić information content (AvgIpc) is 3.02. The zero-order valence-corrected chi connectivity index (χ0v) is 16.5. The number of nitrogens with one attached hydrogen (secondary N) is 1. The number of thioether (sulfide) groups is 1. The third-order valence-electron chi connectivity index (χ3n) is 4.13.